The summed E-state index contributed by atoms with van der Waals surface area (Å²) in [4.78, 5) is 0. The molecule has 0 aliphatic heterocycles. The first kappa shape index (κ1) is 6.81. The zero-order valence-corrected chi connectivity index (χ0v) is 6.06. The fraction of sp³-hybridized carbons (Fsp3) is 0.750. The molecule has 0 aromatic heterocycles. The molecule has 1 unspecified atom stereocenters. The second-order valence-corrected chi connectivity index (χ2v) is 2.87. The predicted octanol–water partition coefficient (Wildman–Crippen LogP) is 1.70. The Morgan fingerprint density at radius 2 is 2.44 bits per heavy atom. The Bertz CT molecular complexity index is 94.7. The van der Waals surface area contributed by atoms with Crippen molar-refractivity contribution in [3.8, 4) is 0 Å². The molecule has 1 saturated carbocycles. The molecule has 1 N–H and O–H groups in total. The highest BCUT2D eigenvalue weighted by molar-refractivity contribution is 4.85. The second kappa shape index (κ2) is 3.02. The number of nitrogens with one attached hydrogen (secondary N) is 1. The van der Waals surface area contributed by atoms with Crippen LogP contribution in [0.15, 0.2) is 12.7 Å². The van der Waals surface area contributed by atoms with E-state index in [1.165, 1.54) is 12.8 Å². The molecular formula is C8H15N. The largest absolute Gasteiger partial charge is 0.311 e. The van der Waals surface area contributed by atoms with E-state index in [-0.39, 0.29) is 0 Å². The first-order valence-corrected chi connectivity index (χ1v) is 3.70. The van der Waals surface area contributed by atoms with E-state index in [9.17, 15) is 0 Å². The minimum atomic E-state index is 0.634. The zero-order chi connectivity index (χ0) is 6.69. The average molecular weight is 125 g/mol. The van der Waals surface area contributed by atoms with Crippen molar-refractivity contribution < 1.29 is 0 Å². The molecule has 1 nitrogen and oxygen atoms in total. The van der Waals surface area contributed by atoms with E-state index in [4.69, 9.17) is 0 Å². The molecule has 1 aliphatic carbocycles. The molecular weight excluding hydrogens is 110 g/mol. The highest BCUT2D eigenvalue weighted by Crippen LogP contribution is 2.19. The minimum absolute atomic E-state index is 0.634. The van der Waals surface area contributed by atoms with Gasteiger partial charge in [-0.05, 0) is 26.2 Å². The Balaban J connectivity index is 2.01. The van der Waals surface area contributed by atoms with Crippen molar-refractivity contribution >= 4 is 0 Å². The Morgan fingerprint density at radius 3 is 2.89 bits per heavy atom. The molecule has 1 atom stereocenters. The Labute approximate surface area is 57.1 Å². The van der Waals surface area contributed by atoms with E-state index in [1.807, 2.05) is 6.08 Å². The van der Waals surface area contributed by atoms with Crippen LogP contribution in [-0.4, -0.2) is 12.1 Å². The highest BCUT2D eigenvalue weighted by Gasteiger charge is 2.21. The third kappa shape index (κ3) is 2.66. The Hall–Kier alpha value is -0.300. The summed E-state index contributed by atoms with van der Waals surface area (Å²) in [6.07, 6.45) is 5.82. The molecule has 1 fully saturated rings. The molecule has 0 amide bonds. The number of rotatable bonds is 4. The van der Waals surface area contributed by atoms with Gasteiger partial charge in [-0.15, -0.1) is 6.58 Å². The van der Waals surface area contributed by atoms with Crippen molar-refractivity contribution in [1.82, 2.24) is 5.32 Å². The summed E-state index contributed by atoms with van der Waals surface area (Å²) in [6, 6.07) is 1.47. The van der Waals surface area contributed by atoms with Crippen LogP contribution in [0.1, 0.15) is 26.2 Å². The molecule has 1 aliphatic rings. The van der Waals surface area contributed by atoms with Crippen LogP contribution in [0, 0.1) is 0 Å². The van der Waals surface area contributed by atoms with E-state index in [0.717, 1.165) is 12.5 Å². The standard InChI is InChI=1S/C8H15N/c1-3-4-7(2)9-8-5-6-8/h3,7-9H,1,4-6H2,2H3. The fourth-order valence-electron chi connectivity index (χ4n) is 0.970. The average Bonchev–Trinajstić information content (AvgIpc) is 2.50. The van der Waals surface area contributed by atoms with Gasteiger partial charge in [0.05, 0.1) is 0 Å². The molecule has 0 heterocycles. The molecule has 0 saturated heterocycles. The van der Waals surface area contributed by atoms with Gasteiger partial charge in [-0.2, -0.15) is 0 Å². The van der Waals surface area contributed by atoms with Gasteiger partial charge in [0.2, 0.25) is 0 Å². The van der Waals surface area contributed by atoms with E-state index >= 15 is 0 Å². The summed E-state index contributed by atoms with van der Waals surface area (Å²) in [5, 5.41) is 3.48. The van der Waals surface area contributed by atoms with Crippen LogP contribution in [-0.2, 0) is 0 Å². The zero-order valence-electron chi connectivity index (χ0n) is 6.06. The quantitative estimate of drug-likeness (QED) is 0.564. The summed E-state index contributed by atoms with van der Waals surface area (Å²) < 4.78 is 0. The van der Waals surface area contributed by atoms with Crippen molar-refractivity contribution in [1.29, 1.82) is 0 Å². The van der Waals surface area contributed by atoms with Crippen molar-refractivity contribution in [2.45, 2.75) is 38.3 Å². The van der Waals surface area contributed by atoms with Crippen LogP contribution in [0.5, 0.6) is 0 Å². The molecule has 52 valence electrons. The lowest BCUT2D eigenvalue weighted by atomic mass is 10.2. The molecule has 0 spiro atoms. The van der Waals surface area contributed by atoms with Crippen LogP contribution in [0.25, 0.3) is 0 Å². The number of hydrogen-bond donors (Lipinski definition) is 1. The summed E-state index contributed by atoms with van der Waals surface area (Å²) >= 11 is 0. The third-order valence-electron chi connectivity index (χ3n) is 1.62. The van der Waals surface area contributed by atoms with E-state index in [0.29, 0.717) is 6.04 Å². The first-order valence-electron chi connectivity index (χ1n) is 3.70. The Morgan fingerprint density at radius 1 is 1.78 bits per heavy atom. The summed E-state index contributed by atoms with van der Waals surface area (Å²) in [7, 11) is 0. The topological polar surface area (TPSA) is 12.0 Å². The lowest BCUT2D eigenvalue weighted by Crippen LogP contribution is -2.27. The molecule has 9 heavy (non-hydrogen) atoms. The lowest BCUT2D eigenvalue weighted by molar-refractivity contribution is 0.551. The van der Waals surface area contributed by atoms with Crippen molar-refractivity contribution in [2.75, 3.05) is 0 Å². The monoisotopic (exact) mass is 125 g/mol. The predicted molar refractivity (Wildman–Crippen MR) is 40.4 cm³/mol. The van der Waals surface area contributed by atoms with Gasteiger partial charge in [-0.1, -0.05) is 6.08 Å². The van der Waals surface area contributed by atoms with Gasteiger partial charge >= 0.3 is 0 Å². The first-order chi connectivity index (χ1) is 4.33. The normalized spacial score (nSPS) is 21.4. The van der Waals surface area contributed by atoms with Crippen LogP contribution in [0.4, 0.5) is 0 Å². The van der Waals surface area contributed by atoms with Crippen LogP contribution < -0.4 is 5.32 Å². The van der Waals surface area contributed by atoms with Gasteiger partial charge < -0.3 is 5.32 Å². The molecule has 0 bridgehead atoms. The van der Waals surface area contributed by atoms with Gasteiger partial charge in [-0.25, -0.2) is 0 Å². The number of hydrogen-bond acceptors (Lipinski definition) is 1. The molecule has 0 radical (unpaired) electrons. The van der Waals surface area contributed by atoms with E-state index in [2.05, 4.69) is 18.8 Å². The van der Waals surface area contributed by atoms with Crippen LogP contribution >= 0.6 is 0 Å². The highest BCUT2D eigenvalue weighted by atomic mass is 15.0. The maximum absolute atomic E-state index is 3.69. The Kier molecular flexibility index (Phi) is 2.29. The smallest absolute Gasteiger partial charge is 0.00757 e. The maximum atomic E-state index is 3.69. The molecule has 1 rings (SSSR count). The van der Waals surface area contributed by atoms with Crippen molar-refractivity contribution in [2.24, 2.45) is 0 Å². The van der Waals surface area contributed by atoms with Gasteiger partial charge in [0.25, 0.3) is 0 Å². The SMILES string of the molecule is C=CCC(C)NC1CC1. The summed E-state index contributed by atoms with van der Waals surface area (Å²) in [5.74, 6) is 0. The second-order valence-electron chi connectivity index (χ2n) is 2.87. The summed E-state index contributed by atoms with van der Waals surface area (Å²) in [6.45, 7) is 5.90. The molecule has 1 heteroatoms. The van der Waals surface area contributed by atoms with E-state index < -0.39 is 0 Å². The van der Waals surface area contributed by atoms with Crippen molar-refractivity contribution in [3.63, 3.8) is 0 Å². The van der Waals surface area contributed by atoms with Gasteiger partial charge in [0.1, 0.15) is 0 Å². The van der Waals surface area contributed by atoms with E-state index in [1.54, 1.807) is 0 Å². The maximum Gasteiger partial charge on any atom is 0.00757 e. The van der Waals surface area contributed by atoms with Crippen LogP contribution in [0.2, 0.25) is 0 Å². The van der Waals surface area contributed by atoms with Gasteiger partial charge in [0, 0.05) is 12.1 Å². The lowest BCUT2D eigenvalue weighted by Gasteiger charge is -2.08. The van der Waals surface area contributed by atoms with Gasteiger partial charge in [0.15, 0.2) is 0 Å². The van der Waals surface area contributed by atoms with Crippen LogP contribution in [0.3, 0.4) is 0 Å². The molecule has 0 aromatic carbocycles. The summed E-state index contributed by atoms with van der Waals surface area (Å²) in [5.41, 5.74) is 0. The fourth-order valence-corrected chi connectivity index (χ4v) is 0.970. The van der Waals surface area contributed by atoms with Gasteiger partial charge in [-0.3, -0.25) is 0 Å². The third-order valence-corrected chi connectivity index (χ3v) is 1.62. The van der Waals surface area contributed by atoms with Crippen molar-refractivity contribution in [3.05, 3.63) is 12.7 Å². The molecule has 0 aromatic rings. The minimum Gasteiger partial charge on any atom is -0.311 e.